The zero-order valence-electron chi connectivity index (χ0n) is 29.8. The van der Waals surface area contributed by atoms with E-state index in [2.05, 4.69) is 203 Å². The molecule has 0 aliphatic carbocycles. The van der Waals surface area contributed by atoms with Gasteiger partial charge < -0.3 is 9.13 Å². The number of aromatic nitrogens is 2. The zero-order valence-corrected chi connectivity index (χ0v) is 30.6. The topological polar surface area (TPSA) is 9.86 Å². The minimum absolute atomic E-state index is 1.17. The molecule has 0 atom stereocenters. The van der Waals surface area contributed by atoms with E-state index in [0.29, 0.717) is 0 Å². The van der Waals surface area contributed by atoms with Crippen LogP contribution < -0.4 is 0 Å². The summed E-state index contributed by atoms with van der Waals surface area (Å²) in [5.74, 6) is 0. The lowest BCUT2D eigenvalue weighted by molar-refractivity contribution is 1.19. The molecule has 0 N–H and O–H groups in total. The average Bonchev–Trinajstić information content (AvgIpc) is 3.91. The lowest BCUT2D eigenvalue weighted by Gasteiger charge is -2.11. The fourth-order valence-electron chi connectivity index (χ4n) is 8.91. The number of para-hydroxylation sites is 1. The molecule has 0 fully saturated rings. The molecule has 0 spiro atoms. The van der Waals surface area contributed by atoms with Crippen LogP contribution in [-0.2, 0) is 0 Å². The maximum absolute atomic E-state index is 2.49. The van der Waals surface area contributed by atoms with Crippen LogP contribution in [0, 0.1) is 0 Å². The molecule has 55 heavy (non-hydrogen) atoms. The largest absolute Gasteiger partial charge is 0.309 e. The summed E-state index contributed by atoms with van der Waals surface area (Å²) < 4.78 is 7.54. The third-order valence-electron chi connectivity index (χ3n) is 11.5. The quantitative estimate of drug-likeness (QED) is 0.172. The maximum Gasteiger partial charge on any atom is 0.0719 e. The third kappa shape index (κ3) is 4.60. The minimum Gasteiger partial charge on any atom is -0.309 e. The first-order valence-electron chi connectivity index (χ1n) is 18.8. The summed E-state index contributed by atoms with van der Waals surface area (Å²) in [4.78, 5) is 0. The molecule has 3 aromatic heterocycles. The smallest absolute Gasteiger partial charge is 0.0719 e. The molecule has 0 unspecified atom stereocenters. The van der Waals surface area contributed by atoms with Gasteiger partial charge >= 0.3 is 0 Å². The van der Waals surface area contributed by atoms with Crippen molar-refractivity contribution in [2.24, 2.45) is 0 Å². The van der Waals surface area contributed by atoms with Gasteiger partial charge in [-0.2, -0.15) is 0 Å². The second kappa shape index (κ2) is 11.8. The number of rotatable bonds is 4. The Hall–Kier alpha value is -6.94. The molecular weight excluding hydrogens is 685 g/mol. The zero-order chi connectivity index (χ0) is 36.0. The van der Waals surface area contributed by atoms with Crippen LogP contribution in [0.5, 0.6) is 0 Å². The maximum atomic E-state index is 2.49. The predicted molar refractivity (Wildman–Crippen MR) is 236 cm³/mol. The summed E-state index contributed by atoms with van der Waals surface area (Å²) in [6.07, 6.45) is 0. The van der Waals surface area contributed by atoms with E-state index in [9.17, 15) is 0 Å². The van der Waals surface area contributed by atoms with Gasteiger partial charge in [0.2, 0.25) is 0 Å². The Morgan fingerprint density at radius 1 is 0.309 bits per heavy atom. The van der Waals surface area contributed by atoms with E-state index in [0.717, 1.165) is 0 Å². The Morgan fingerprint density at radius 2 is 0.891 bits per heavy atom. The van der Waals surface area contributed by atoms with E-state index >= 15 is 0 Å². The fourth-order valence-corrected chi connectivity index (χ4v) is 10.1. The van der Waals surface area contributed by atoms with Gasteiger partial charge in [0.25, 0.3) is 0 Å². The Labute approximate surface area is 321 Å². The number of fused-ring (bicyclic) bond motifs is 11. The highest BCUT2D eigenvalue weighted by Gasteiger charge is 2.19. The van der Waals surface area contributed by atoms with Crippen LogP contribution in [0.15, 0.2) is 194 Å². The van der Waals surface area contributed by atoms with Gasteiger partial charge in [-0.3, -0.25) is 0 Å². The summed E-state index contributed by atoms with van der Waals surface area (Å²) in [6.45, 7) is 0. The summed E-state index contributed by atoms with van der Waals surface area (Å²) in [5, 5.41) is 10.2. The monoisotopic (exact) mass is 716 g/mol. The Morgan fingerprint density at radius 3 is 1.71 bits per heavy atom. The van der Waals surface area contributed by atoms with Crippen molar-refractivity contribution in [3.8, 4) is 33.6 Å². The molecule has 0 saturated carbocycles. The standard InChI is InChI=1S/C52H32N2S/c1-2-10-33(11-3-1)35-18-23-39(24-19-35)54-49-29-22-38(32-46(49)43-26-27-44-42-15-7-9-17-50(42)55-52(44)51(43)54)37-21-28-48-45(31-37)41-14-6-8-16-47(41)53(48)40-25-20-34-12-4-5-13-36(34)30-40/h1-32H. The van der Waals surface area contributed by atoms with Crippen molar-refractivity contribution < 1.29 is 0 Å². The van der Waals surface area contributed by atoms with E-state index in [-0.39, 0.29) is 0 Å². The van der Waals surface area contributed by atoms with E-state index in [4.69, 9.17) is 0 Å². The third-order valence-corrected chi connectivity index (χ3v) is 12.7. The molecule has 12 aromatic rings. The van der Waals surface area contributed by atoms with Gasteiger partial charge in [-0.1, -0.05) is 133 Å². The first-order chi connectivity index (χ1) is 27.3. The lowest BCUT2D eigenvalue weighted by Crippen LogP contribution is -1.94. The van der Waals surface area contributed by atoms with Gasteiger partial charge in [-0.05, 0) is 93.7 Å². The van der Waals surface area contributed by atoms with Crippen LogP contribution in [0.1, 0.15) is 0 Å². The van der Waals surface area contributed by atoms with Gasteiger partial charge in [0.1, 0.15) is 0 Å². The van der Waals surface area contributed by atoms with Crippen molar-refractivity contribution >= 4 is 85.9 Å². The summed E-state index contributed by atoms with van der Waals surface area (Å²) >= 11 is 1.90. The van der Waals surface area contributed by atoms with E-state index < -0.39 is 0 Å². The van der Waals surface area contributed by atoms with E-state index in [1.807, 2.05) is 11.3 Å². The normalized spacial score (nSPS) is 12.0. The number of hydrogen-bond acceptors (Lipinski definition) is 1. The highest BCUT2D eigenvalue weighted by atomic mass is 32.1. The van der Waals surface area contributed by atoms with Crippen LogP contribution in [0.3, 0.4) is 0 Å². The fraction of sp³-hybridized carbons (Fsp3) is 0. The molecular formula is C52H32N2S. The van der Waals surface area contributed by atoms with Crippen molar-refractivity contribution in [1.82, 2.24) is 9.13 Å². The number of nitrogens with zero attached hydrogens (tertiary/aromatic N) is 2. The second-order valence-corrected chi connectivity index (χ2v) is 15.6. The molecule has 2 nitrogen and oxygen atoms in total. The number of benzene rings is 9. The highest BCUT2D eigenvalue weighted by Crippen LogP contribution is 2.44. The van der Waals surface area contributed by atoms with Crippen molar-refractivity contribution in [2.75, 3.05) is 0 Å². The Bertz CT molecular complexity index is 3470. The van der Waals surface area contributed by atoms with Crippen molar-refractivity contribution in [3.63, 3.8) is 0 Å². The molecule has 3 heteroatoms. The summed E-state index contributed by atoms with van der Waals surface area (Å²) in [5.41, 5.74) is 12.1. The molecule has 0 saturated heterocycles. The van der Waals surface area contributed by atoms with Crippen molar-refractivity contribution in [3.05, 3.63) is 194 Å². The molecule has 0 aliphatic heterocycles. The highest BCUT2D eigenvalue weighted by molar-refractivity contribution is 7.26. The SMILES string of the molecule is c1ccc(-c2ccc(-n3c4ccc(-c5ccc6c(c5)c5ccccc5n6-c5ccc6ccccc6c5)cc4c4ccc5c6ccccc6sc5c43)cc2)cc1. The minimum atomic E-state index is 1.17. The molecule has 0 radical (unpaired) electrons. The molecule has 0 aliphatic rings. The van der Waals surface area contributed by atoms with Crippen molar-refractivity contribution in [1.29, 1.82) is 0 Å². The predicted octanol–water partition coefficient (Wildman–Crippen LogP) is 14.7. The average molecular weight is 717 g/mol. The number of thiophene rings is 1. The van der Waals surface area contributed by atoms with E-state index in [1.165, 1.54) is 108 Å². The van der Waals surface area contributed by atoms with Gasteiger partial charge in [-0.15, -0.1) is 11.3 Å². The Balaban J connectivity index is 1.07. The van der Waals surface area contributed by atoms with Crippen LogP contribution in [0.4, 0.5) is 0 Å². The molecule has 12 rings (SSSR count). The molecule has 9 aromatic carbocycles. The van der Waals surface area contributed by atoms with Gasteiger partial charge in [0, 0.05) is 48.4 Å². The second-order valence-electron chi connectivity index (χ2n) is 14.5. The molecule has 0 amide bonds. The van der Waals surface area contributed by atoms with Crippen LogP contribution in [-0.4, -0.2) is 9.13 Å². The van der Waals surface area contributed by atoms with Crippen LogP contribution in [0.25, 0.3) is 108 Å². The van der Waals surface area contributed by atoms with Crippen LogP contribution >= 0.6 is 11.3 Å². The summed E-state index contributed by atoms with van der Waals surface area (Å²) in [6, 6.07) is 71.4. The molecule has 256 valence electrons. The van der Waals surface area contributed by atoms with Crippen molar-refractivity contribution in [2.45, 2.75) is 0 Å². The van der Waals surface area contributed by atoms with Gasteiger partial charge in [0.05, 0.1) is 26.8 Å². The number of hydrogen-bond donors (Lipinski definition) is 0. The lowest BCUT2D eigenvalue weighted by atomic mass is 10.0. The first-order valence-corrected chi connectivity index (χ1v) is 19.7. The first kappa shape index (κ1) is 30.5. The van der Waals surface area contributed by atoms with Gasteiger partial charge in [0.15, 0.2) is 0 Å². The van der Waals surface area contributed by atoms with E-state index in [1.54, 1.807) is 0 Å². The summed E-state index contributed by atoms with van der Waals surface area (Å²) in [7, 11) is 0. The van der Waals surface area contributed by atoms with Crippen LogP contribution in [0.2, 0.25) is 0 Å². The Kier molecular flexibility index (Phi) is 6.54. The molecule has 0 bridgehead atoms. The molecule has 3 heterocycles. The van der Waals surface area contributed by atoms with Gasteiger partial charge in [-0.25, -0.2) is 0 Å².